The predicted molar refractivity (Wildman–Crippen MR) is 96.2 cm³/mol. The number of benzene rings is 1. The number of hydrogen-bond acceptors (Lipinski definition) is 5. The highest BCUT2D eigenvalue weighted by molar-refractivity contribution is 5.81. The van der Waals surface area contributed by atoms with E-state index in [2.05, 4.69) is 20.5 Å². The van der Waals surface area contributed by atoms with Gasteiger partial charge in [0.1, 0.15) is 5.82 Å². The zero-order valence-electron chi connectivity index (χ0n) is 14.0. The van der Waals surface area contributed by atoms with Crippen LogP contribution in [0.2, 0.25) is 0 Å². The van der Waals surface area contributed by atoms with Crippen molar-refractivity contribution in [3.63, 3.8) is 0 Å². The maximum atomic E-state index is 9.70. The average Bonchev–Trinajstić information content (AvgIpc) is 3.20. The molecule has 0 saturated carbocycles. The summed E-state index contributed by atoms with van der Waals surface area (Å²) in [6.07, 6.45) is 5.91. The van der Waals surface area contributed by atoms with Crippen LogP contribution in [0.1, 0.15) is 30.1 Å². The number of aliphatic hydroxyl groups excluding tert-OH is 1. The van der Waals surface area contributed by atoms with Gasteiger partial charge in [-0.3, -0.25) is 5.10 Å². The van der Waals surface area contributed by atoms with Gasteiger partial charge in [0.15, 0.2) is 0 Å². The molecule has 130 valence electrons. The lowest BCUT2D eigenvalue weighted by Gasteiger charge is -2.31. The summed E-state index contributed by atoms with van der Waals surface area (Å²) >= 11 is 0. The van der Waals surface area contributed by atoms with Crippen molar-refractivity contribution in [2.75, 3.05) is 18.5 Å². The summed E-state index contributed by atoms with van der Waals surface area (Å²) in [5, 5.41) is 21.1. The molecule has 4 rings (SSSR count). The molecule has 0 bridgehead atoms. The lowest BCUT2D eigenvalue weighted by atomic mass is 9.91. The Balaban J connectivity index is 1.54. The summed E-state index contributed by atoms with van der Waals surface area (Å²) < 4.78 is 5.98. The Bertz CT molecular complexity index is 835. The summed E-state index contributed by atoms with van der Waals surface area (Å²) in [4.78, 5) is 4.69. The van der Waals surface area contributed by atoms with Gasteiger partial charge in [-0.15, -0.1) is 0 Å². The van der Waals surface area contributed by atoms with Gasteiger partial charge in [-0.1, -0.05) is 18.2 Å². The van der Waals surface area contributed by atoms with Gasteiger partial charge in [0.25, 0.3) is 0 Å². The molecule has 1 aromatic carbocycles. The molecule has 25 heavy (non-hydrogen) atoms. The van der Waals surface area contributed by atoms with Crippen LogP contribution in [0.5, 0.6) is 0 Å². The van der Waals surface area contributed by atoms with Crippen molar-refractivity contribution in [2.45, 2.75) is 25.6 Å². The molecule has 6 heteroatoms. The van der Waals surface area contributed by atoms with Crippen LogP contribution < -0.4 is 5.32 Å². The Kier molecular flexibility index (Phi) is 4.63. The fourth-order valence-corrected chi connectivity index (χ4v) is 3.50. The van der Waals surface area contributed by atoms with E-state index in [1.807, 2.05) is 42.7 Å². The predicted octanol–water partition coefficient (Wildman–Crippen LogP) is 3.03. The molecule has 1 aliphatic rings. The summed E-state index contributed by atoms with van der Waals surface area (Å²) in [5.41, 5.74) is 2.82. The monoisotopic (exact) mass is 338 g/mol. The van der Waals surface area contributed by atoms with Crippen LogP contribution in [-0.2, 0) is 11.3 Å². The number of aromatic nitrogens is 3. The lowest BCUT2D eigenvalue weighted by Crippen LogP contribution is -2.28. The van der Waals surface area contributed by atoms with Gasteiger partial charge in [-0.2, -0.15) is 5.10 Å². The number of aliphatic hydroxyl groups is 1. The second-order valence-electron chi connectivity index (χ2n) is 6.45. The summed E-state index contributed by atoms with van der Waals surface area (Å²) in [5.74, 6) is 1.09. The highest BCUT2D eigenvalue weighted by atomic mass is 16.5. The summed E-state index contributed by atoms with van der Waals surface area (Å²) in [6, 6.07) is 9.94. The molecule has 6 nitrogen and oxygen atoms in total. The van der Waals surface area contributed by atoms with Crippen LogP contribution in [-0.4, -0.2) is 33.4 Å². The maximum Gasteiger partial charge on any atom is 0.132 e. The number of ether oxygens (including phenoxy) is 1. The fraction of sp³-hybridized carbons (Fsp3) is 0.368. The molecule has 0 unspecified atom stereocenters. The number of pyridine rings is 1. The minimum atomic E-state index is -0.0352. The van der Waals surface area contributed by atoms with Crippen molar-refractivity contribution in [3.05, 3.63) is 53.9 Å². The van der Waals surface area contributed by atoms with Crippen molar-refractivity contribution in [1.29, 1.82) is 0 Å². The molecule has 0 radical (unpaired) electrons. The Morgan fingerprint density at radius 3 is 3.08 bits per heavy atom. The minimum absolute atomic E-state index is 0.0352. The Labute approximate surface area is 146 Å². The SMILES string of the molecule is OCc1cc2ccccc2nc1NC[C@@H]1CCCO[C@H]1c1cn[nH]c1. The molecule has 2 atom stereocenters. The van der Waals surface area contributed by atoms with Crippen LogP contribution in [0.4, 0.5) is 5.82 Å². The van der Waals surface area contributed by atoms with E-state index in [4.69, 9.17) is 4.74 Å². The van der Waals surface area contributed by atoms with Gasteiger partial charge in [0.05, 0.1) is 24.4 Å². The molecular formula is C19H22N4O2. The van der Waals surface area contributed by atoms with E-state index in [-0.39, 0.29) is 12.7 Å². The van der Waals surface area contributed by atoms with E-state index in [0.29, 0.717) is 5.92 Å². The van der Waals surface area contributed by atoms with Crippen LogP contribution in [0.25, 0.3) is 10.9 Å². The van der Waals surface area contributed by atoms with Gasteiger partial charge in [-0.05, 0) is 25.0 Å². The Morgan fingerprint density at radius 2 is 2.24 bits per heavy atom. The Hall–Kier alpha value is -2.44. The number of anilines is 1. The number of hydrogen-bond donors (Lipinski definition) is 3. The normalized spacial score (nSPS) is 20.7. The van der Waals surface area contributed by atoms with Crippen LogP contribution in [0.3, 0.4) is 0 Å². The van der Waals surface area contributed by atoms with E-state index in [9.17, 15) is 5.11 Å². The third-order valence-electron chi connectivity index (χ3n) is 4.80. The van der Waals surface area contributed by atoms with Gasteiger partial charge >= 0.3 is 0 Å². The van der Waals surface area contributed by atoms with Gasteiger partial charge < -0.3 is 15.2 Å². The quantitative estimate of drug-likeness (QED) is 0.666. The largest absolute Gasteiger partial charge is 0.392 e. The molecule has 0 spiro atoms. The van der Waals surface area contributed by atoms with E-state index in [1.54, 1.807) is 0 Å². The van der Waals surface area contributed by atoms with Gasteiger partial charge in [0, 0.05) is 41.8 Å². The Morgan fingerprint density at radius 1 is 1.32 bits per heavy atom. The lowest BCUT2D eigenvalue weighted by molar-refractivity contribution is -0.0238. The van der Waals surface area contributed by atoms with E-state index in [0.717, 1.165) is 53.8 Å². The first-order valence-electron chi connectivity index (χ1n) is 8.69. The number of nitrogens with zero attached hydrogens (tertiary/aromatic N) is 2. The van der Waals surface area contributed by atoms with Crippen LogP contribution >= 0.6 is 0 Å². The second-order valence-corrected chi connectivity index (χ2v) is 6.45. The van der Waals surface area contributed by atoms with Crippen molar-refractivity contribution in [2.24, 2.45) is 5.92 Å². The average molecular weight is 338 g/mol. The van der Waals surface area contributed by atoms with Crippen molar-refractivity contribution >= 4 is 16.7 Å². The third kappa shape index (κ3) is 3.36. The molecule has 0 aliphatic carbocycles. The van der Waals surface area contributed by atoms with Crippen LogP contribution in [0.15, 0.2) is 42.7 Å². The smallest absolute Gasteiger partial charge is 0.132 e. The van der Waals surface area contributed by atoms with Gasteiger partial charge in [-0.25, -0.2) is 4.98 Å². The van der Waals surface area contributed by atoms with Crippen molar-refractivity contribution in [1.82, 2.24) is 15.2 Å². The second kappa shape index (κ2) is 7.21. The number of H-pyrrole nitrogens is 1. The van der Waals surface area contributed by atoms with E-state index in [1.165, 1.54) is 0 Å². The zero-order valence-corrected chi connectivity index (χ0v) is 14.0. The number of aromatic amines is 1. The summed E-state index contributed by atoms with van der Waals surface area (Å²) in [6.45, 7) is 1.49. The summed E-state index contributed by atoms with van der Waals surface area (Å²) in [7, 11) is 0. The van der Waals surface area contributed by atoms with Crippen molar-refractivity contribution < 1.29 is 9.84 Å². The molecule has 3 aromatic rings. The molecule has 0 amide bonds. The molecule has 1 saturated heterocycles. The first-order chi connectivity index (χ1) is 12.3. The fourth-order valence-electron chi connectivity index (χ4n) is 3.50. The maximum absolute atomic E-state index is 9.70. The first kappa shape index (κ1) is 16.1. The standard InChI is InChI=1S/C19H22N4O2/c24-12-15-8-13-4-1-2-6-17(13)23-19(15)20-9-14-5-3-7-25-18(14)16-10-21-22-11-16/h1-2,4,6,8,10-11,14,18,24H,3,5,7,9,12H2,(H,20,23)(H,21,22)/t14-,18+/m0/s1. The van der Waals surface area contributed by atoms with Gasteiger partial charge in [0.2, 0.25) is 0 Å². The zero-order chi connectivity index (χ0) is 17.1. The van der Waals surface area contributed by atoms with Crippen LogP contribution in [0, 0.1) is 5.92 Å². The molecule has 3 N–H and O–H groups in total. The first-order valence-corrected chi connectivity index (χ1v) is 8.69. The van der Waals surface area contributed by atoms with Crippen molar-refractivity contribution in [3.8, 4) is 0 Å². The number of rotatable bonds is 5. The number of nitrogens with one attached hydrogen (secondary N) is 2. The minimum Gasteiger partial charge on any atom is -0.392 e. The third-order valence-corrected chi connectivity index (χ3v) is 4.80. The number of fused-ring (bicyclic) bond motifs is 1. The topological polar surface area (TPSA) is 83.1 Å². The van der Waals surface area contributed by atoms with E-state index < -0.39 is 0 Å². The number of para-hydroxylation sites is 1. The molecule has 3 heterocycles. The highest BCUT2D eigenvalue weighted by Crippen LogP contribution is 2.33. The molecular weight excluding hydrogens is 316 g/mol. The van der Waals surface area contributed by atoms with E-state index >= 15 is 0 Å². The molecule has 1 fully saturated rings. The molecule has 2 aromatic heterocycles. The molecule has 1 aliphatic heterocycles. The highest BCUT2D eigenvalue weighted by Gasteiger charge is 2.28.